The number of carbonyl (C=O) groups is 2. The minimum absolute atomic E-state index is 0.0438. The highest BCUT2D eigenvalue weighted by Crippen LogP contribution is 2.12. The van der Waals surface area contributed by atoms with Crippen molar-refractivity contribution >= 4 is 35.0 Å². The van der Waals surface area contributed by atoms with Crippen molar-refractivity contribution in [2.75, 3.05) is 18.6 Å². The average molecular weight is 302 g/mol. The predicted molar refractivity (Wildman–Crippen MR) is 78.3 cm³/mol. The first-order valence-electron chi connectivity index (χ1n) is 5.83. The second-order valence-corrected chi connectivity index (χ2v) is 6.25. The Labute approximate surface area is 120 Å². The van der Waals surface area contributed by atoms with Crippen LogP contribution in [-0.2, 0) is 16.1 Å². The van der Waals surface area contributed by atoms with Crippen LogP contribution in [0, 0.1) is 0 Å². The van der Waals surface area contributed by atoms with Gasteiger partial charge in [-0.15, -0.1) is 11.3 Å². The SMILES string of the molecule is CN(Cc1cccs1)C(=O)CSCCC(N)C(=O)O. The predicted octanol–water partition coefficient (Wildman–Crippen LogP) is 1.24. The molecule has 7 heteroatoms. The molecular weight excluding hydrogens is 284 g/mol. The molecule has 106 valence electrons. The van der Waals surface area contributed by atoms with Gasteiger partial charge in [0.1, 0.15) is 6.04 Å². The van der Waals surface area contributed by atoms with E-state index in [2.05, 4.69) is 0 Å². The molecule has 1 rings (SSSR count). The van der Waals surface area contributed by atoms with Gasteiger partial charge in [-0.3, -0.25) is 9.59 Å². The van der Waals surface area contributed by atoms with Gasteiger partial charge in [0.05, 0.1) is 12.3 Å². The summed E-state index contributed by atoms with van der Waals surface area (Å²) in [6.45, 7) is 0.617. The summed E-state index contributed by atoms with van der Waals surface area (Å²) in [7, 11) is 1.77. The molecule has 0 radical (unpaired) electrons. The van der Waals surface area contributed by atoms with Crippen LogP contribution in [0.2, 0.25) is 0 Å². The van der Waals surface area contributed by atoms with Gasteiger partial charge in [0.25, 0.3) is 0 Å². The van der Waals surface area contributed by atoms with Gasteiger partial charge in [0.2, 0.25) is 5.91 Å². The first kappa shape index (κ1) is 16.0. The maximum absolute atomic E-state index is 11.8. The molecule has 0 saturated heterocycles. The molecule has 1 aromatic heterocycles. The molecule has 1 aromatic rings. The molecule has 1 heterocycles. The molecule has 5 nitrogen and oxygen atoms in total. The highest BCUT2D eigenvalue weighted by atomic mass is 32.2. The Morgan fingerprint density at radius 1 is 1.58 bits per heavy atom. The van der Waals surface area contributed by atoms with Gasteiger partial charge in [-0.1, -0.05) is 6.07 Å². The third-order valence-electron chi connectivity index (χ3n) is 2.51. The molecule has 0 saturated carbocycles. The monoisotopic (exact) mass is 302 g/mol. The van der Waals surface area contributed by atoms with E-state index in [4.69, 9.17) is 10.8 Å². The fourth-order valence-electron chi connectivity index (χ4n) is 1.33. The van der Waals surface area contributed by atoms with E-state index in [1.54, 1.807) is 23.3 Å². The highest BCUT2D eigenvalue weighted by Gasteiger charge is 2.13. The van der Waals surface area contributed by atoms with E-state index in [9.17, 15) is 9.59 Å². The quantitative estimate of drug-likeness (QED) is 0.706. The van der Waals surface area contributed by atoms with Crippen molar-refractivity contribution in [3.05, 3.63) is 22.4 Å². The van der Waals surface area contributed by atoms with E-state index in [1.165, 1.54) is 11.8 Å². The maximum atomic E-state index is 11.8. The first-order chi connectivity index (χ1) is 9.00. The Morgan fingerprint density at radius 2 is 2.32 bits per heavy atom. The second-order valence-electron chi connectivity index (χ2n) is 4.12. The van der Waals surface area contributed by atoms with Gasteiger partial charge in [-0.25, -0.2) is 0 Å². The number of aliphatic carboxylic acids is 1. The highest BCUT2D eigenvalue weighted by molar-refractivity contribution is 7.99. The Bertz CT molecular complexity index is 409. The van der Waals surface area contributed by atoms with Gasteiger partial charge in [0.15, 0.2) is 0 Å². The van der Waals surface area contributed by atoms with Crippen molar-refractivity contribution in [1.82, 2.24) is 4.90 Å². The minimum Gasteiger partial charge on any atom is -0.480 e. The van der Waals surface area contributed by atoms with Crippen LogP contribution in [0.4, 0.5) is 0 Å². The lowest BCUT2D eigenvalue weighted by atomic mass is 10.2. The maximum Gasteiger partial charge on any atom is 0.320 e. The lowest BCUT2D eigenvalue weighted by Crippen LogP contribution is -2.31. The molecule has 1 amide bonds. The number of carbonyl (C=O) groups excluding carboxylic acids is 1. The van der Waals surface area contributed by atoms with E-state index in [0.29, 0.717) is 24.5 Å². The van der Waals surface area contributed by atoms with Crippen LogP contribution < -0.4 is 5.73 Å². The molecule has 0 aliphatic heterocycles. The number of amides is 1. The number of hydrogen-bond acceptors (Lipinski definition) is 5. The van der Waals surface area contributed by atoms with E-state index >= 15 is 0 Å². The van der Waals surface area contributed by atoms with Crippen LogP contribution in [0.5, 0.6) is 0 Å². The number of thioether (sulfide) groups is 1. The molecule has 3 N–H and O–H groups in total. The molecule has 1 unspecified atom stereocenters. The summed E-state index contributed by atoms with van der Waals surface area (Å²) in [6.07, 6.45) is 0.377. The van der Waals surface area contributed by atoms with Gasteiger partial charge >= 0.3 is 5.97 Å². The van der Waals surface area contributed by atoms with Crippen LogP contribution in [0.25, 0.3) is 0 Å². The number of nitrogens with two attached hydrogens (primary N) is 1. The van der Waals surface area contributed by atoms with Crippen molar-refractivity contribution in [2.45, 2.75) is 19.0 Å². The molecule has 0 aliphatic carbocycles. The van der Waals surface area contributed by atoms with Gasteiger partial charge in [-0.05, 0) is 23.6 Å². The Morgan fingerprint density at radius 3 is 2.89 bits per heavy atom. The average Bonchev–Trinajstić information content (AvgIpc) is 2.86. The normalized spacial score (nSPS) is 12.1. The van der Waals surface area contributed by atoms with Gasteiger partial charge in [0, 0.05) is 11.9 Å². The van der Waals surface area contributed by atoms with Crippen molar-refractivity contribution in [3.8, 4) is 0 Å². The molecular formula is C12H18N2O3S2. The molecule has 0 aliphatic rings. The number of thiophene rings is 1. The van der Waals surface area contributed by atoms with Crippen LogP contribution in [0.3, 0.4) is 0 Å². The summed E-state index contributed by atoms with van der Waals surface area (Å²) >= 11 is 3.04. The van der Waals surface area contributed by atoms with Crippen molar-refractivity contribution < 1.29 is 14.7 Å². The molecule has 0 bridgehead atoms. The zero-order valence-electron chi connectivity index (χ0n) is 10.7. The smallest absolute Gasteiger partial charge is 0.320 e. The summed E-state index contributed by atoms with van der Waals surface area (Å²) in [4.78, 5) is 25.1. The molecule has 1 atom stereocenters. The number of hydrogen-bond donors (Lipinski definition) is 2. The summed E-state index contributed by atoms with van der Waals surface area (Å²) in [5.41, 5.74) is 5.38. The Hall–Kier alpha value is -1.05. The lowest BCUT2D eigenvalue weighted by molar-refractivity contribution is -0.138. The van der Waals surface area contributed by atoms with Crippen LogP contribution >= 0.6 is 23.1 Å². The van der Waals surface area contributed by atoms with Gasteiger partial charge < -0.3 is 15.7 Å². The van der Waals surface area contributed by atoms with Crippen LogP contribution in [-0.4, -0.2) is 46.5 Å². The van der Waals surface area contributed by atoms with Crippen molar-refractivity contribution in [2.24, 2.45) is 5.73 Å². The standard InChI is InChI=1S/C12H18N2O3S2/c1-14(7-9-3-2-5-19-9)11(15)8-18-6-4-10(13)12(16)17/h2-3,5,10H,4,6-8,13H2,1H3,(H,16,17). The number of carboxylic acid groups (broad SMARTS) is 1. The number of nitrogens with zero attached hydrogens (tertiary/aromatic N) is 1. The molecule has 19 heavy (non-hydrogen) atoms. The third-order valence-corrected chi connectivity index (χ3v) is 4.35. The fourth-order valence-corrected chi connectivity index (χ4v) is 3.05. The summed E-state index contributed by atoms with van der Waals surface area (Å²) in [5, 5.41) is 10.6. The van der Waals surface area contributed by atoms with E-state index < -0.39 is 12.0 Å². The fraction of sp³-hybridized carbons (Fsp3) is 0.500. The van der Waals surface area contributed by atoms with Crippen LogP contribution in [0.1, 0.15) is 11.3 Å². The lowest BCUT2D eigenvalue weighted by Gasteiger charge is -2.16. The third kappa shape index (κ3) is 6.09. The van der Waals surface area contributed by atoms with Crippen molar-refractivity contribution in [1.29, 1.82) is 0 Å². The van der Waals surface area contributed by atoms with E-state index in [1.807, 2.05) is 17.5 Å². The summed E-state index contributed by atoms with van der Waals surface area (Å²) < 4.78 is 0. The topological polar surface area (TPSA) is 83.6 Å². The summed E-state index contributed by atoms with van der Waals surface area (Å²) in [6, 6.07) is 3.11. The zero-order valence-corrected chi connectivity index (χ0v) is 12.4. The molecule has 0 aromatic carbocycles. The molecule has 0 fully saturated rings. The minimum atomic E-state index is -0.998. The Kier molecular flexibility index (Phi) is 6.90. The summed E-state index contributed by atoms with van der Waals surface area (Å²) in [5.74, 6) is -0.0238. The zero-order chi connectivity index (χ0) is 14.3. The first-order valence-corrected chi connectivity index (χ1v) is 7.86. The van der Waals surface area contributed by atoms with E-state index in [0.717, 1.165) is 4.88 Å². The van der Waals surface area contributed by atoms with Gasteiger partial charge in [-0.2, -0.15) is 11.8 Å². The largest absolute Gasteiger partial charge is 0.480 e. The number of rotatable bonds is 8. The van der Waals surface area contributed by atoms with Crippen molar-refractivity contribution in [3.63, 3.8) is 0 Å². The number of carboxylic acids is 1. The second kappa shape index (κ2) is 8.19. The Balaban J connectivity index is 2.18. The van der Waals surface area contributed by atoms with E-state index in [-0.39, 0.29) is 5.91 Å². The molecule has 0 spiro atoms. The van der Waals surface area contributed by atoms with Crippen LogP contribution in [0.15, 0.2) is 17.5 Å².